The van der Waals surface area contributed by atoms with E-state index in [2.05, 4.69) is 0 Å². The van der Waals surface area contributed by atoms with Crippen LogP contribution >= 0.6 is 0 Å². The zero-order chi connectivity index (χ0) is 10.6. The van der Waals surface area contributed by atoms with Gasteiger partial charge in [-0.3, -0.25) is 0 Å². The van der Waals surface area contributed by atoms with Crippen molar-refractivity contribution in [3.05, 3.63) is 29.8 Å². The smallest absolute Gasteiger partial charge is 0.328 e. The molecule has 1 N–H and O–H groups in total. The van der Waals surface area contributed by atoms with Gasteiger partial charge in [-0.1, -0.05) is 17.9 Å². The highest BCUT2D eigenvalue weighted by molar-refractivity contribution is 5.85. The second-order valence-electron chi connectivity index (χ2n) is 2.58. The van der Waals surface area contributed by atoms with Crippen molar-refractivity contribution < 1.29 is 19.7 Å². The Labute approximate surface area is 81.1 Å². The van der Waals surface area contributed by atoms with E-state index in [1.807, 2.05) is 0 Å². The summed E-state index contributed by atoms with van der Waals surface area (Å²) in [5, 5.41) is 19.6. The minimum Gasteiger partial charge on any atom is -0.870 e. The van der Waals surface area contributed by atoms with Crippen molar-refractivity contribution in [2.75, 3.05) is 7.11 Å². The Hall–Kier alpha value is -1.97. The lowest BCUT2D eigenvalue weighted by Crippen LogP contribution is -1.95. The molecule has 74 valence electrons. The summed E-state index contributed by atoms with van der Waals surface area (Å²) in [5.41, 5.74) is 0.540. The second-order valence-corrected chi connectivity index (χ2v) is 2.58. The normalized spacial score (nSPS) is 10.4. The maximum atomic E-state index is 11.2. The Morgan fingerprint density at radius 2 is 2.29 bits per heavy atom. The number of hydrogen-bond donors (Lipinski definition) is 1. The average Bonchev–Trinajstić information content (AvgIpc) is 2.15. The van der Waals surface area contributed by atoms with Gasteiger partial charge in [0.2, 0.25) is 0 Å². The number of ether oxygens (including phenoxy) is 1. The molecule has 0 saturated heterocycles. The van der Waals surface area contributed by atoms with Gasteiger partial charge in [0.25, 0.3) is 0 Å². The van der Waals surface area contributed by atoms with Gasteiger partial charge in [-0.25, -0.2) is 4.79 Å². The topological polar surface area (TPSA) is 69.6 Å². The zero-order valence-corrected chi connectivity index (χ0v) is 7.56. The summed E-state index contributed by atoms with van der Waals surface area (Å²) < 4.78 is 4.77. The van der Waals surface area contributed by atoms with Crippen LogP contribution in [0.5, 0.6) is 11.5 Å². The first kappa shape index (κ1) is 10.1. The highest BCUT2D eigenvalue weighted by atomic mass is 16.5. The van der Waals surface area contributed by atoms with E-state index in [0.29, 0.717) is 5.56 Å². The van der Waals surface area contributed by atoms with Crippen molar-refractivity contribution in [2.24, 2.45) is 0 Å². The van der Waals surface area contributed by atoms with Crippen LogP contribution in [0, 0.1) is 0 Å². The molecule has 0 aromatic heterocycles. The largest absolute Gasteiger partial charge is 0.870 e. The van der Waals surface area contributed by atoms with Gasteiger partial charge in [0, 0.05) is 6.08 Å². The Balaban J connectivity index is 2.91. The number of carboxylic acid groups (broad SMARTS) is 1. The summed E-state index contributed by atoms with van der Waals surface area (Å²) in [6, 6.07) is 4.43. The average molecular weight is 193 g/mol. The third-order valence-corrected chi connectivity index (χ3v) is 1.61. The quantitative estimate of drug-likeness (QED) is 0.723. The van der Waals surface area contributed by atoms with E-state index in [1.54, 1.807) is 6.07 Å². The molecule has 0 fully saturated rings. The predicted octanol–water partition coefficient (Wildman–Crippen LogP) is 0.867. The fraction of sp³-hybridized carbons (Fsp3) is 0.100. The lowest BCUT2D eigenvalue weighted by Gasteiger charge is -2.12. The summed E-state index contributed by atoms with van der Waals surface area (Å²) in [5.74, 6) is -1.06. The van der Waals surface area contributed by atoms with Crippen LogP contribution in [0.3, 0.4) is 0 Å². The van der Waals surface area contributed by atoms with Crippen molar-refractivity contribution in [3.63, 3.8) is 0 Å². The molecular weight excluding hydrogens is 184 g/mol. The number of carbonyl (C=O) groups is 1. The van der Waals surface area contributed by atoms with Crippen molar-refractivity contribution in [3.8, 4) is 11.5 Å². The number of methoxy groups -OCH3 is 1. The van der Waals surface area contributed by atoms with Crippen molar-refractivity contribution in [1.82, 2.24) is 0 Å². The van der Waals surface area contributed by atoms with Gasteiger partial charge >= 0.3 is 5.97 Å². The van der Waals surface area contributed by atoms with Gasteiger partial charge in [0.05, 0.1) is 7.11 Å². The van der Waals surface area contributed by atoms with Crippen molar-refractivity contribution in [1.29, 1.82) is 0 Å². The summed E-state index contributed by atoms with van der Waals surface area (Å²) in [7, 11) is 1.41. The Morgan fingerprint density at radius 3 is 2.79 bits per heavy atom. The molecule has 0 unspecified atom stereocenters. The molecule has 0 saturated carbocycles. The molecule has 4 nitrogen and oxygen atoms in total. The minimum absolute atomic E-state index is 0.248. The number of rotatable bonds is 3. The van der Waals surface area contributed by atoms with Crippen LogP contribution in [-0.2, 0) is 4.79 Å². The highest BCUT2D eigenvalue weighted by Gasteiger charge is 1.94. The summed E-state index contributed by atoms with van der Waals surface area (Å²) in [6.07, 6.45) is 2.32. The van der Waals surface area contributed by atoms with E-state index in [-0.39, 0.29) is 11.5 Å². The van der Waals surface area contributed by atoms with E-state index < -0.39 is 5.97 Å². The van der Waals surface area contributed by atoms with E-state index in [9.17, 15) is 9.90 Å². The van der Waals surface area contributed by atoms with Crippen LogP contribution in [0.4, 0.5) is 0 Å². The second kappa shape index (κ2) is 4.32. The molecule has 14 heavy (non-hydrogen) atoms. The SMILES string of the molecule is COc1ccc(/C=C/C(=O)O)cc1[O-]. The minimum atomic E-state index is -1.05. The molecule has 0 aliphatic heterocycles. The number of hydrogen-bond acceptors (Lipinski definition) is 3. The van der Waals surface area contributed by atoms with Crippen molar-refractivity contribution >= 4 is 12.0 Å². The molecule has 1 aromatic rings. The fourth-order valence-corrected chi connectivity index (χ4v) is 0.964. The van der Waals surface area contributed by atoms with Crippen LogP contribution in [0.15, 0.2) is 24.3 Å². The van der Waals surface area contributed by atoms with E-state index in [1.165, 1.54) is 25.3 Å². The molecule has 0 bridgehead atoms. The summed E-state index contributed by atoms with van der Waals surface area (Å²) >= 11 is 0. The van der Waals surface area contributed by atoms with Gasteiger partial charge < -0.3 is 14.9 Å². The van der Waals surface area contributed by atoms with Crippen LogP contribution < -0.4 is 9.84 Å². The number of benzene rings is 1. The Kier molecular flexibility index (Phi) is 3.12. The number of carboxylic acids is 1. The van der Waals surface area contributed by atoms with Crippen LogP contribution in [0.2, 0.25) is 0 Å². The first-order valence-corrected chi connectivity index (χ1v) is 3.89. The molecule has 0 amide bonds. The molecule has 1 aromatic carbocycles. The maximum absolute atomic E-state index is 11.2. The molecule has 0 aliphatic rings. The molecule has 0 atom stereocenters. The van der Waals surface area contributed by atoms with Gasteiger partial charge in [0.1, 0.15) is 5.75 Å². The standard InChI is InChI=1S/C10H10O4/c1-14-9-4-2-7(6-8(9)11)3-5-10(12)13/h2-6,11H,1H3,(H,12,13)/p-1/b5-3+. The summed E-state index contributed by atoms with van der Waals surface area (Å²) in [4.78, 5) is 10.2. The van der Waals surface area contributed by atoms with E-state index in [0.717, 1.165) is 6.08 Å². The van der Waals surface area contributed by atoms with Crippen LogP contribution in [0.25, 0.3) is 6.08 Å². The monoisotopic (exact) mass is 193 g/mol. The number of aliphatic carboxylic acids is 1. The first-order chi connectivity index (χ1) is 6.63. The van der Waals surface area contributed by atoms with E-state index in [4.69, 9.17) is 9.84 Å². The van der Waals surface area contributed by atoms with Gasteiger partial charge in [-0.05, 0) is 17.7 Å². The lowest BCUT2D eigenvalue weighted by molar-refractivity contribution is -0.270. The molecule has 0 spiro atoms. The predicted molar refractivity (Wildman–Crippen MR) is 49.1 cm³/mol. The molecular formula is C10H9O4-. The molecule has 1 rings (SSSR count). The third kappa shape index (κ3) is 2.52. The van der Waals surface area contributed by atoms with Gasteiger partial charge in [0.15, 0.2) is 0 Å². The Bertz CT molecular complexity index is 368. The highest BCUT2D eigenvalue weighted by Crippen LogP contribution is 2.23. The van der Waals surface area contributed by atoms with Crippen LogP contribution in [-0.4, -0.2) is 18.2 Å². The summed E-state index contributed by atoms with van der Waals surface area (Å²) in [6.45, 7) is 0. The molecule has 0 aliphatic carbocycles. The lowest BCUT2D eigenvalue weighted by atomic mass is 10.2. The van der Waals surface area contributed by atoms with Crippen LogP contribution in [0.1, 0.15) is 5.56 Å². The van der Waals surface area contributed by atoms with E-state index >= 15 is 0 Å². The van der Waals surface area contributed by atoms with Gasteiger partial charge in [-0.2, -0.15) is 0 Å². The van der Waals surface area contributed by atoms with Gasteiger partial charge in [-0.15, -0.1) is 0 Å². The first-order valence-electron chi connectivity index (χ1n) is 3.89. The molecule has 4 heteroatoms. The third-order valence-electron chi connectivity index (χ3n) is 1.61. The van der Waals surface area contributed by atoms with Crippen molar-refractivity contribution in [2.45, 2.75) is 0 Å². The maximum Gasteiger partial charge on any atom is 0.328 e. The fourth-order valence-electron chi connectivity index (χ4n) is 0.964. The zero-order valence-electron chi connectivity index (χ0n) is 7.56. The molecule has 0 heterocycles. The Morgan fingerprint density at radius 1 is 1.57 bits per heavy atom. The molecule has 0 radical (unpaired) electrons.